The summed E-state index contributed by atoms with van der Waals surface area (Å²) in [6, 6.07) is 6.82. The number of hydrogen-bond donors (Lipinski definition) is 1. The number of carbonyl (C=O) groups is 1. The quantitative estimate of drug-likeness (QED) is 0.754. The van der Waals surface area contributed by atoms with E-state index in [2.05, 4.69) is 0 Å². The topological polar surface area (TPSA) is 37.3 Å². The van der Waals surface area contributed by atoms with Gasteiger partial charge in [-0.15, -0.1) is 0 Å². The Labute approximate surface area is 82.2 Å². The van der Waals surface area contributed by atoms with Gasteiger partial charge in [0.05, 0.1) is 5.56 Å². The molecule has 0 aliphatic heterocycles. The van der Waals surface area contributed by atoms with Crippen LogP contribution in [0.5, 0.6) is 0 Å². The van der Waals surface area contributed by atoms with Crippen LogP contribution in [0.2, 0.25) is 0 Å². The minimum atomic E-state index is -0.872. The third kappa shape index (κ3) is 2.92. The van der Waals surface area contributed by atoms with Gasteiger partial charge >= 0.3 is 29.9 Å². The van der Waals surface area contributed by atoms with Crippen molar-refractivity contribution in [2.24, 2.45) is 0 Å². The first-order valence-electron chi connectivity index (χ1n) is 3.00. The molecule has 2 radical (unpaired) electrons. The summed E-state index contributed by atoms with van der Waals surface area (Å²) in [4.78, 5) is 10.4. The standard InChI is InChI=1S/C8H8O2.Sn.2H/c1-6-3-2-4-7(5-6)8(9)10;;;/h2-5H,1H3,(H,9,10);;;. The van der Waals surface area contributed by atoms with Crippen molar-refractivity contribution in [1.29, 1.82) is 0 Å². The summed E-state index contributed by atoms with van der Waals surface area (Å²) in [6.07, 6.45) is 0. The van der Waals surface area contributed by atoms with Crippen LogP contribution < -0.4 is 0 Å². The van der Waals surface area contributed by atoms with Gasteiger partial charge in [-0.25, -0.2) is 4.79 Å². The Morgan fingerprint density at radius 1 is 1.45 bits per heavy atom. The fraction of sp³-hybridized carbons (Fsp3) is 0.125. The van der Waals surface area contributed by atoms with Crippen molar-refractivity contribution < 1.29 is 9.90 Å². The van der Waals surface area contributed by atoms with Crippen LogP contribution in [0.4, 0.5) is 0 Å². The molecule has 0 aromatic heterocycles. The zero-order valence-corrected chi connectivity index (χ0v) is 10.4. The molecule has 1 aromatic carbocycles. The molecule has 0 bridgehead atoms. The molecule has 0 atom stereocenters. The van der Waals surface area contributed by atoms with Crippen LogP contribution in [-0.4, -0.2) is 35.0 Å². The number of aromatic carboxylic acids is 1. The number of carboxylic acid groups (broad SMARTS) is 1. The van der Waals surface area contributed by atoms with Crippen LogP contribution >= 0.6 is 0 Å². The Bertz CT molecular complexity index is 258. The van der Waals surface area contributed by atoms with Gasteiger partial charge < -0.3 is 5.11 Å². The van der Waals surface area contributed by atoms with E-state index in [1.165, 1.54) is 0 Å². The van der Waals surface area contributed by atoms with Gasteiger partial charge in [0.15, 0.2) is 0 Å². The van der Waals surface area contributed by atoms with E-state index in [0.29, 0.717) is 5.56 Å². The van der Waals surface area contributed by atoms with E-state index in [0.717, 1.165) is 5.56 Å². The summed E-state index contributed by atoms with van der Waals surface area (Å²) in [5.74, 6) is -0.872. The molecule has 1 N–H and O–H groups in total. The van der Waals surface area contributed by atoms with Crippen LogP contribution in [0.1, 0.15) is 15.9 Å². The normalized spacial score (nSPS) is 8.45. The predicted octanol–water partition coefficient (Wildman–Crippen LogP) is 0.777. The second-order valence-corrected chi connectivity index (χ2v) is 2.17. The van der Waals surface area contributed by atoms with Crippen molar-refractivity contribution >= 4 is 29.9 Å². The number of rotatable bonds is 1. The number of hydrogen-bond acceptors (Lipinski definition) is 1. The van der Waals surface area contributed by atoms with Crippen LogP contribution in [0.15, 0.2) is 24.3 Å². The first kappa shape index (κ1) is 10.5. The molecule has 0 spiro atoms. The molecular weight excluding hydrogens is 247 g/mol. The summed E-state index contributed by atoms with van der Waals surface area (Å²) in [7, 11) is 0. The zero-order valence-electron chi connectivity index (χ0n) is 6.37. The van der Waals surface area contributed by atoms with Gasteiger partial charge in [0.1, 0.15) is 0 Å². The third-order valence-electron chi connectivity index (χ3n) is 1.27. The van der Waals surface area contributed by atoms with Gasteiger partial charge in [-0.1, -0.05) is 17.7 Å². The van der Waals surface area contributed by atoms with E-state index >= 15 is 0 Å². The Kier molecular flexibility index (Phi) is 4.18. The fourth-order valence-corrected chi connectivity index (χ4v) is 0.778. The molecule has 58 valence electrons. The van der Waals surface area contributed by atoms with Crippen LogP contribution in [0.3, 0.4) is 0 Å². The van der Waals surface area contributed by atoms with Gasteiger partial charge in [-0.2, -0.15) is 0 Å². The van der Waals surface area contributed by atoms with Crippen molar-refractivity contribution in [3.8, 4) is 0 Å². The Morgan fingerprint density at radius 2 is 2.09 bits per heavy atom. The molecule has 0 saturated heterocycles. The molecule has 2 nitrogen and oxygen atoms in total. The predicted molar refractivity (Wildman–Crippen MR) is 46.7 cm³/mol. The third-order valence-corrected chi connectivity index (χ3v) is 1.27. The van der Waals surface area contributed by atoms with Gasteiger partial charge in [0, 0.05) is 0 Å². The number of carboxylic acids is 1. The van der Waals surface area contributed by atoms with Crippen molar-refractivity contribution in [3.63, 3.8) is 0 Å². The second-order valence-electron chi connectivity index (χ2n) is 2.17. The SMILES string of the molecule is Cc1cccc(C(=O)O)c1.[SnH2]. The van der Waals surface area contributed by atoms with Crippen molar-refractivity contribution in [1.82, 2.24) is 0 Å². The minimum absolute atomic E-state index is 0. The van der Waals surface area contributed by atoms with Crippen LogP contribution in [0.25, 0.3) is 0 Å². The van der Waals surface area contributed by atoms with Gasteiger partial charge in [-0.05, 0) is 19.1 Å². The van der Waals surface area contributed by atoms with Gasteiger partial charge in [-0.3, -0.25) is 0 Å². The maximum atomic E-state index is 10.4. The first-order valence-corrected chi connectivity index (χ1v) is 3.00. The molecule has 0 aliphatic rings. The summed E-state index contributed by atoms with van der Waals surface area (Å²) < 4.78 is 0. The summed E-state index contributed by atoms with van der Waals surface area (Å²) in [5.41, 5.74) is 1.32. The van der Waals surface area contributed by atoms with E-state index in [1.54, 1.807) is 18.2 Å². The van der Waals surface area contributed by atoms with Crippen molar-refractivity contribution in [2.75, 3.05) is 0 Å². The van der Waals surface area contributed by atoms with Crippen molar-refractivity contribution in [3.05, 3.63) is 35.4 Å². The molecular formula is C8H10O2Sn. The fourth-order valence-electron chi connectivity index (χ4n) is 0.778. The molecule has 0 heterocycles. The van der Waals surface area contributed by atoms with E-state index in [-0.39, 0.29) is 23.9 Å². The average molecular weight is 257 g/mol. The van der Waals surface area contributed by atoms with Crippen LogP contribution in [0, 0.1) is 6.92 Å². The van der Waals surface area contributed by atoms with E-state index in [1.807, 2.05) is 13.0 Å². The average Bonchev–Trinajstić information content (AvgIpc) is 1.88. The summed E-state index contributed by atoms with van der Waals surface area (Å²) in [5, 5.41) is 8.51. The molecule has 1 rings (SSSR count). The molecule has 0 unspecified atom stereocenters. The molecule has 0 aliphatic carbocycles. The van der Waals surface area contributed by atoms with E-state index < -0.39 is 5.97 Å². The zero-order chi connectivity index (χ0) is 7.56. The Morgan fingerprint density at radius 3 is 2.45 bits per heavy atom. The van der Waals surface area contributed by atoms with Gasteiger partial charge in [0.2, 0.25) is 0 Å². The molecule has 0 fully saturated rings. The molecule has 1 aromatic rings. The number of aryl methyl sites for hydroxylation is 1. The number of benzene rings is 1. The van der Waals surface area contributed by atoms with Crippen LogP contribution in [-0.2, 0) is 0 Å². The van der Waals surface area contributed by atoms with Gasteiger partial charge in [0.25, 0.3) is 0 Å². The second kappa shape index (κ2) is 4.38. The Hall–Kier alpha value is -0.511. The van der Waals surface area contributed by atoms with E-state index in [9.17, 15) is 4.79 Å². The summed E-state index contributed by atoms with van der Waals surface area (Å²) >= 11 is 0. The summed E-state index contributed by atoms with van der Waals surface area (Å²) in [6.45, 7) is 1.87. The maximum absolute atomic E-state index is 10.4. The molecule has 11 heavy (non-hydrogen) atoms. The molecule has 0 amide bonds. The van der Waals surface area contributed by atoms with Crippen molar-refractivity contribution in [2.45, 2.75) is 6.92 Å². The molecule has 0 saturated carbocycles. The first-order chi connectivity index (χ1) is 4.70. The van der Waals surface area contributed by atoms with E-state index in [4.69, 9.17) is 5.11 Å². The monoisotopic (exact) mass is 258 g/mol. The Balaban J connectivity index is 0.000001000. The molecule has 3 heteroatoms.